The van der Waals surface area contributed by atoms with E-state index in [1.807, 2.05) is 12.1 Å². The first-order valence-corrected chi connectivity index (χ1v) is 9.15. The van der Waals surface area contributed by atoms with Crippen molar-refractivity contribution in [2.24, 2.45) is 0 Å². The zero-order valence-electron chi connectivity index (χ0n) is 15.3. The fraction of sp³-hybridized carbons (Fsp3) is 0.632. The number of carbonyl (C=O) groups excluding carboxylic acids is 1. The van der Waals surface area contributed by atoms with Gasteiger partial charge in [-0.05, 0) is 44.0 Å². The van der Waals surface area contributed by atoms with E-state index in [1.165, 1.54) is 0 Å². The number of carbonyl (C=O) groups is 1. The maximum absolute atomic E-state index is 12.4. The Labute approximate surface area is 157 Å². The van der Waals surface area contributed by atoms with Crippen LogP contribution in [0.2, 0.25) is 0 Å². The molecule has 0 bridgehead atoms. The molecule has 25 heavy (non-hydrogen) atoms. The number of rotatable bonds is 10. The molecule has 1 amide bonds. The summed E-state index contributed by atoms with van der Waals surface area (Å²) < 4.78 is 11.7. The predicted molar refractivity (Wildman–Crippen MR) is 103 cm³/mol. The Balaban J connectivity index is 0.00000312. The molecule has 1 aliphatic heterocycles. The molecule has 1 saturated heterocycles. The van der Waals surface area contributed by atoms with Crippen molar-refractivity contribution >= 4 is 18.3 Å². The van der Waals surface area contributed by atoms with E-state index < -0.39 is 0 Å². The van der Waals surface area contributed by atoms with Crippen LogP contribution in [0.5, 0.6) is 11.5 Å². The van der Waals surface area contributed by atoms with Crippen LogP contribution in [0.15, 0.2) is 18.2 Å². The summed E-state index contributed by atoms with van der Waals surface area (Å²) in [7, 11) is 0. The van der Waals surface area contributed by atoms with Crippen LogP contribution < -0.4 is 20.1 Å². The number of hydrogen-bond acceptors (Lipinski definition) is 4. The van der Waals surface area contributed by atoms with Crippen molar-refractivity contribution < 1.29 is 14.3 Å². The third-order valence-corrected chi connectivity index (χ3v) is 4.11. The third kappa shape index (κ3) is 7.12. The number of halogens is 1. The van der Waals surface area contributed by atoms with Gasteiger partial charge in [-0.1, -0.05) is 26.7 Å². The topological polar surface area (TPSA) is 59.6 Å². The second-order valence-electron chi connectivity index (χ2n) is 6.23. The number of benzene rings is 1. The lowest BCUT2D eigenvalue weighted by atomic mass is 10.1. The number of ether oxygens (including phenoxy) is 2. The molecule has 5 nitrogen and oxygen atoms in total. The monoisotopic (exact) mass is 370 g/mol. The minimum absolute atomic E-state index is 0. The Morgan fingerprint density at radius 1 is 1.16 bits per heavy atom. The summed E-state index contributed by atoms with van der Waals surface area (Å²) in [5, 5.41) is 6.32. The quantitative estimate of drug-likeness (QED) is 0.618. The van der Waals surface area contributed by atoms with E-state index in [1.54, 1.807) is 6.07 Å². The summed E-state index contributed by atoms with van der Waals surface area (Å²) >= 11 is 0. The summed E-state index contributed by atoms with van der Waals surface area (Å²) in [6.07, 6.45) is 5.12. The minimum atomic E-state index is -0.0517. The van der Waals surface area contributed by atoms with Gasteiger partial charge in [-0.25, -0.2) is 0 Å². The molecule has 0 aliphatic carbocycles. The van der Waals surface area contributed by atoms with Gasteiger partial charge in [0.15, 0.2) is 11.5 Å². The summed E-state index contributed by atoms with van der Waals surface area (Å²) in [6.45, 7) is 7.36. The molecule has 1 unspecified atom stereocenters. The van der Waals surface area contributed by atoms with Gasteiger partial charge in [0.05, 0.1) is 13.2 Å². The lowest BCUT2D eigenvalue weighted by Crippen LogP contribution is -2.36. The molecule has 2 rings (SSSR count). The maximum Gasteiger partial charge on any atom is 0.251 e. The molecule has 142 valence electrons. The van der Waals surface area contributed by atoms with E-state index in [0.717, 1.165) is 50.9 Å². The number of amides is 1. The van der Waals surface area contributed by atoms with Crippen LogP contribution in [0.25, 0.3) is 0 Å². The van der Waals surface area contributed by atoms with Crippen molar-refractivity contribution in [2.75, 3.05) is 26.3 Å². The summed E-state index contributed by atoms with van der Waals surface area (Å²) in [5.41, 5.74) is 0.622. The van der Waals surface area contributed by atoms with Crippen LogP contribution in [0, 0.1) is 0 Å². The molecule has 6 heteroatoms. The van der Waals surface area contributed by atoms with Crippen molar-refractivity contribution in [1.82, 2.24) is 10.6 Å². The SMILES string of the molecule is CCCCOc1ccc(C(=O)NC2CCNC2)cc1OCCCC.Cl. The Bertz CT molecular complexity index is 519. The van der Waals surface area contributed by atoms with Gasteiger partial charge in [-0.15, -0.1) is 12.4 Å². The minimum Gasteiger partial charge on any atom is -0.490 e. The van der Waals surface area contributed by atoms with Crippen molar-refractivity contribution in [1.29, 1.82) is 0 Å². The van der Waals surface area contributed by atoms with Crippen molar-refractivity contribution in [2.45, 2.75) is 52.0 Å². The highest BCUT2D eigenvalue weighted by atomic mass is 35.5. The highest BCUT2D eigenvalue weighted by Crippen LogP contribution is 2.29. The highest BCUT2D eigenvalue weighted by molar-refractivity contribution is 5.95. The van der Waals surface area contributed by atoms with Gasteiger partial charge in [0.2, 0.25) is 0 Å². The van der Waals surface area contributed by atoms with Gasteiger partial charge in [0, 0.05) is 18.2 Å². The van der Waals surface area contributed by atoms with E-state index in [0.29, 0.717) is 24.5 Å². The second kappa shape index (κ2) is 12.0. The molecule has 1 atom stereocenters. The molecule has 0 aromatic heterocycles. The van der Waals surface area contributed by atoms with Gasteiger partial charge in [0.25, 0.3) is 5.91 Å². The van der Waals surface area contributed by atoms with Crippen molar-refractivity contribution in [3.05, 3.63) is 23.8 Å². The van der Waals surface area contributed by atoms with Crippen LogP contribution in [0.1, 0.15) is 56.3 Å². The summed E-state index contributed by atoms with van der Waals surface area (Å²) in [5.74, 6) is 1.33. The third-order valence-electron chi connectivity index (χ3n) is 4.11. The van der Waals surface area contributed by atoms with Gasteiger partial charge in [-0.3, -0.25) is 4.79 Å². The summed E-state index contributed by atoms with van der Waals surface area (Å²) in [6, 6.07) is 5.67. The van der Waals surface area contributed by atoms with Gasteiger partial charge in [0.1, 0.15) is 0 Å². The van der Waals surface area contributed by atoms with Gasteiger partial charge in [-0.2, -0.15) is 0 Å². The predicted octanol–water partition coefficient (Wildman–Crippen LogP) is 3.56. The Morgan fingerprint density at radius 3 is 2.44 bits per heavy atom. The largest absolute Gasteiger partial charge is 0.490 e. The van der Waals surface area contributed by atoms with E-state index in [4.69, 9.17) is 9.47 Å². The van der Waals surface area contributed by atoms with E-state index in [9.17, 15) is 4.79 Å². The molecule has 0 radical (unpaired) electrons. The molecule has 1 aliphatic rings. The first kappa shape index (κ1) is 21.6. The fourth-order valence-corrected chi connectivity index (χ4v) is 2.58. The molecule has 1 fully saturated rings. The highest BCUT2D eigenvalue weighted by Gasteiger charge is 2.18. The van der Waals surface area contributed by atoms with Crippen LogP contribution in [-0.4, -0.2) is 38.3 Å². The van der Waals surface area contributed by atoms with Gasteiger partial charge < -0.3 is 20.1 Å². The average Bonchev–Trinajstić information content (AvgIpc) is 3.09. The van der Waals surface area contributed by atoms with E-state index >= 15 is 0 Å². The molecule has 1 heterocycles. The molecule has 2 N–H and O–H groups in total. The zero-order chi connectivity index (χ0) is 17.2. The average molecular weight is 371 g/mol. The Kier molecular flexibility index (Phi) is 10.3. The van der Waals surface area contributed by atoms with Crippen LogP contribution in [0.3, 0.4) is 0 Å². The zero-order valence-corrected chi connectivity index (χ0v) is 16.1. The lowest BCUT2D eigenvalue weighted by molar-refractivity contribution is 0.0939. The lowest BCUT2D eigenvalue weighted by Gasteiger charge is -2.15. The molecule has 0 saturated carbocycles. The number of unbranched alkanes of at least 4 members (excludes halogenated alkanes) is 2. The molecular weight excluding hydrogens is 340 g/mol. The molecule has 1 aromatic carbocycles. The smallest absolute Gasteiger partial charge is 0.251 e. The van der Waals surface area contributed by atoms with Crippen LogP contribution in [-0.2, 0) is 0 Å². The fourth-order valence-electron chi connectivity index (χ4n) is 2.58. The van der Waals surface area contributed by atoms with Crippen molar-refractivity contribution in [3.8, 4) is 11.5 Å². The number of hydrogen-bond donors (Lipinski definition) is 2. The van der Waals surface area contributed by atoms with E-state index in [2.05, 4.69) is 24.5 Å². The van der Waals surface area contributed by atoms with Crippen LogP contribution in [0.4, 0.5) is 0 Å². The standard InChI is InChI=1S/C19H30N2O3.ClH/c1-3-5-11-23-17-8-7-15(13-18(17)24-12-6-4-2)19(22)21-16-9-10-20-14-16;/h7-8,13,16,20H,3-6,9-12,14H2,1-2H3,(H,21,22);1H. The second-order valence-corrected chi connectivity index (χ2v) is 6.23. The van der Waals surface area contributed by atoms with Gasteiger partial charge >= 0.3 is 0 Å². The maximum atomic E-state index is 12.4. The molecule has 1 aromatic rings. The Morgan fingerprint density at radius 2 is 1.84 bits per heavy atom. The number of nitrogens with one attached hydrogen (secondary N) is 2. The van der Waals surface area contributed by atoms with Crippen molar-refractivity contribution in [3.63, 3.8) is 0 Å². The molecule has 0 spiro atoms. The Hall–Kier alpha value is -1.46. The first-order chi connectivity index (χ1) is 11.7. The van der Waals surface area contributed by atoms with E-state index in [-0.39, 0.29) is 24.4 Å². The summed E-state index contributed by atoms with van der Waals surface area (Å²) in [4.78, 5) is 12.4. The normalized spacial score (nSPS) is 16.2. The molecular formula is C19H31ClN2O3. The first-order valence-electron chi connectivity index (χ1n) is 9.15. The van der Waals surface area contributed by atoms with Crippen LogP contribution >= 0.6 is 12.4 Å².